The first-order valence-electron chi connectivity index (χ1n) is 12.2. The van der Waals surface area contributed by atoms with Gasteiger partial charge in [-0.2, -0.15) is 0 Å². The number of carbonyl (C=O) groups excluding carboxylic acids is 3. The highest BCUT2D eigenvalue weighted by molar-refractivity contribution is 5.98. The molecule has 1 atom stereocenters. The van der Waals surface area contributed by atoms with E-state index >= 15 is 0 Å². The molecule has 1 aliphatic heterocycles. The number of nitrogens with one attached hydrogen (secondary N) is 2. The summed E-state index contributed by atoms with van der Waals surface area (Å²) in [6, 6.07) is 18.2. The van der Waals surface area contributed by atoms with E-state index in [1.54, 1.807) is 7.05 Å². The van der Waals surface area contributed by atoms with Crippen LogP contribution in [0.25, 0.3) is 11.4 Å². The summed E-state index contributed by atoms with van der Waals surface area (Å²) in [6.07, 6.45) is 0.474. The summed E-state index contributed by atoms with van der Waals surface area (Å²) in [5.41, 5.74) is 2.09. The minimum atomic E-state index is -0.727. The van der Waals surface area contributed by atoms with Crippen LogP contribution in [0.15, 0.2) is 60.7 Å². The monoisotopic (exact) mass is 487 g/mol. The van der Waals surface area contributed by atoms with Gasteiger partial charge in [0.25, 0.3) is 11.8 Å². The van der Waals surface area contributed by atoms with Crippen LogP contribution in [0.2, 0.25) is 0 Å². The summed E-state index contributed by atoms with van der Waals surface area (Å²) in [6.45, 7) is 7.19. The van der Waals surface area contributed by atoms with Crippen molar-refractivity contribution in [1.82, 2.24) is 25.1 Å². The van der Waals surface area contributed by atoms with Gasteiger partial charge in [0.2, 0.25) is 5.91 Å². The van der Waals surface area contributed by atoms with Crippen LogP contribution < -0.4 is 10.6 Å². The molecule has 8 heteroatoms. The number of likely N-dealkylation sites (N-methyl/N-ethyl adjacent to an activating group) is 1. The van der Waals surface area contributed by atoms with Crippen molar-refractivity contribution in [3.63, 3.8) is 0 Å². The van der Waals surface area contributed by atoms with Crippen molar-refractivity contribution in [2.75, 3.05) is 20.1 Å². The third-order valence-corrected chi connectivity index (χ3v) is 6.49. The van der Waals surface area contributed by atoms with Crippen LogP contribution in [-0.2, 0) is 17.8 Å². The van der Waals surface area contributed by atoms with E-state index < -0.39 is 17.4 Å². The number of fused-ring (bicyclic) bond motifs is 1. The van der Waals surface area contributed by atoms with Gasteiger partial charge < -0.3 is 20.1 Å². The molecule has 1 aromatic heterocycles. The Kier molecular flexibility index (Phi) is 7.24. The Hall–Kier alpha value is -3.94. The number of hydrogen-bond donors (Lipinski definition) is 2. The van der Waals surface area contributed by atoms with E-state index in [9.17, 15) is 14.4 Å². The molecule has 3 aromatic rings. The Morgan fingerprint density at radius 2 is 1.56 bits per heavy atom. The second-order valence-electron chi connectivity index (χ2n) is 10.0. The van der Waals surface area contributed by atoms with E-state index in [-0.39, 0.29) is 11.8 Å². The molecule has 1 unspecified atom stereocenters. The highest BCUT2D eigenvalue weighted by Crippen LogP contribution is 2.27. The Labute approximate surface area is 211 Å². The Morgan fingerprint density at radius 3 is 2.17 bits per heavy atom. The van der Waals surface area contributed by atoms with Crippen LogP contribution in [-0.4, -0.2) is 58.4 Å². The number of aromatic nitrogens is 2. The molecule has 188 valence electrons. The van der Waals surface area contributed by atoms with E-state index in [2.05, 4.69) is 10.6 Å². The molecule has 2 N–H and O–H groups in total. The molecule has 1 aliphatic rings. The molecule has 0 saturated heterocycles. The number of hydrogen-bond acceptors (Lipinski definition) is 4. The molecule has 0 saturated carbocycles. The third-order valence-electron chi connectivity index (χ3n) is 6.49. The highest BCUT2D eigenvalue weighted by atomic mass is 16.2. The van der Waals surface area contributed by atoms with E-state index in [1.807, 2.05) is 90.9 Å². The molecule has 36 heavy (non-hydrogen) atoms. The maximum absolute atomic E-state index is 13.5. The lowest BCUT2D eigenvalue weighted by Gasteiger charge is -2.29. The molecule has 4 rings (SSSR count). The van der Waals surface area contributed by atoms with Crippen molar-refractivity contribution >= 4 is 17.7 Å². The lowest BCUT2D eigenvalue weighted by molar-refractivity contribution is -0.124. The van der Waals surface area contributed by atoms with Crippen molar-refractivity contribution in [2.45, 2.75) is 39.8 Å². The zero-order chi connectivity index (χ0) is 25.9. The Balaban J connectivity index is 1.69. The predicted octanol–water partition coefficient (Wildman–Crippen LogP) is 3.14. The summed E-state index contributed by atoms with van der Waals surface area (Å²) >= 11 is 0. The fourth-order valence-electron chi connectivity index (χ4n) is 4.53. The summed E-state index contributed by atoms with van der Waals surface area (Å²) in [5, 5.41) is 5.55. The fraction of sp³-hybridized carbons (Fsp3) is 0.357. The number of benzene rings is 2. The van der Waals surface area contributed by atoms with Crippen LogP contribution in [0.1, 0.15) is 47.3 Å². The van der Waals surface area contributed by atoms with Gasteiger partial charge in [0.1, 0.15) is 17.6 Å². The summed E-state index contributed by atoms with van der Waals surface area (Å²) in [7, 11) is 1.56. The maximum atomic E-state index is 13.5. The number of amides is 3. The van der Waals surface area contributed by atoms with Gasteiger partial charge in [-0.1, -0.05) is 69.3 Å². The van der Waals surface area contributed by atoms with Crippen molar-refractivity contribution in [3.8, 4) is 11.4 Å². The van der Waals surface area contributed by atoms with Gasteiger partial charge in [0.05, 0.1) is 5.69 Å². The van der Waals surface area contributed by atoms with Gasteiger partial charge in [-0.3, -0.25) is 14.4 Å². The predicted molar refractivity (Wildman–Crippen MR) is 138 cm³/mol. The summed E-state index contributed by atoms with van der Waals surface area (Å²) in [4.78, 5) is 45.8. The lowest BCUT2D eigenvalue weighted by Crippen LogP contribution is -2.53. The molecular weight excluding hydrogens is 454 g/mol. The molecular formula is C28H33N5O3. The van der Waals surface area contributed by atoms with E-state index in [0.29, 0.717) is 43.1 Å². The van der Waals surface area contributed by atoms with E-state index in [4.69, 9.17) is 4.98 Å². The molecule has 0 fully saturated rings. The molecule has 0 radical (unpaired) electrons. The van der Waals surface area contributed by atoms with Crippen LogP contribution >= 0.6 is 0 Å². The largest absolute Gasteiger partial charge is 0.357 e. The van der Waals surface area contributed by atoms with E-state index in [0.717, 1.165) is 11.3 Å². The zero-order valence-electron chi connectivity index (χ0n) is 21.2. The minimum absolute atomic E-state index is 0.0333. The third kappa shape index (κ3) is 5.17. The first-order chi connectivity index (χ1) is 17.2. The smallest absolute Gasteiger partial charge is 0.272 e. The Bertz CT molecular complexity index is 1250. The van der Waals surface area contributed by atoms with Crippen molar-refractivity contribution < 1.29 is 14.4 Å². The molecule has 0 aliphatic carbocycles. The lowest BCUT2D eigenvalue weighted by atomic mass is 9.86. The number of imidazole rings is 1. The standard InChI is InChI=1S/C28H33N5O3/c1-28(2,3)23(26(35)29-4)31-25(34)22-21-15-16-32(27(36)20-13-9-6-10-14-20)17-18-33(21)24(30-22)19-11-7-5-8-12-19/h5-14,23H,15-18H2,1-4H3,(H,29,35)(H,31,34). The second-order valence-corrected chi connectivity index (χ2v) is 10.0. The minimum Gasteiger partial charge on any atom is -0.357 e. The topological polar surface area (TPSA) is 96.3 Å². The molecule has 0 bridgehead atoms. The van der Waals surface area contributed by atoms with Crippen molar-refractivity contribution in [3.05, 3.63) is 77.6 Å². The molecule has 2 heterocycles. The van der Waals surface area contributed by atoms with Crippen LogP contribution in [0.5, 0.6) is 0 Å². The first kappa shape index (κ1) is 25.2. The van der Waals surface area contributed by atoms with Gasteiger partial charge >= 0.3 is 0 Å². The average Bonchev–Trinajstić information content (AvgIpc) is 3.11. The zero-order valence-corrected chi connectivity index (χ0v) is 21.2. The van der Waals surface area contributed by atoms with Gasteiger partial charge in [-0.25, -0.2) is 4.98 Å². The highest BCUT2D eigenvalue weighted by Gasteiger charge is 2.35. The molecule has 3 amide bonds. The maximum Gasteiger partial charge on any atom is 0.272 e. The van der Waals surface area contributed by atoms with Gasteiger partial charge in [-0.05, 0) is 17.5 Å². The molecule has 2 aromatic carbocycles. The van der Waals surface area contributed by atoms with E-state index in [1.165, 1.54) is 0 Å². The van der Waals surface area contributed by atoms with Crippen LogP contribution in [0.3, 0.4) is 0 Å². The van der Waals surface area contributed by atoms with Crippen LogP contribution in [0.4, 0.5) is 0 Å². The van der Waals surface area contributed by atoms with Gasteiger partial charge in [0, 0.05) is 44.2 Å². The summed E-state index contributed by atoms with van der Waals surface area (Å²) in [5.74, 6) is -0.0117. The molecule has 0 spiro atoms. The van der Waals surface area contributed by atoms with Gasteiger partial charge in [0.15, 0.2) is 0 Å². The summed E-state index contributed by atoms with van der Waals surface area (Å²) < 4.78 is 2.04. The SMILES string of the molecule is CNC(=O)C(NC(=O)c1nc(-c2ccccc2)n2c1CCN(C(=O)c1ccccc1)CC2)C(C)(C)C. The second kappa shape index (κ2) is 10.4. The first-order valence-corrected chi connectivity index (χ1v) is 12.2. The van der Waals surface area contributed by atoms with Crippen molar-refractivity contribution in [1.29, 1.82) is 0 Å². The normalized spacial score (nSPS) is 14.4. The van der Waals surface area contributed by atoms with Crippen molar-refractivity contribution in [2.24, 2.45) is 5.41 Å². The average molecular weight is 488 g/mol. The quantitative estimate of drug-likeness (QED) is 0.578. The number of nitrogens with zero attached hydrogens (tertiary/aromatic N) is 3. The fourth-order valence-corrected chi connectivity index (χ4v) is 4.53. The molecule has 8 nitrogen and oxygen atoms in total. The number of rotatable bonds is 5. The number of carbonyl (C=O) groups is 3. The van der Waals surface area contributed by atoms with Gasteiger partial charge in [-0.15, -0.1) is 0 Å². The van der Waals surface area contributed by atoms with Crippen LogP contribution in [0, 0.1) is 5.41 Å². The Morgan fingerprint density at radius 1 is 0.917 bits per heavy atom.